The van der Waals surface area contributed by atoms with Gasteiger partial charge in [-0.1, -0.05) is 30.9 Å². The van der Waals surface area contributed by atoms with Crippen LogP contribution < -0.4 is 0 Å². The van der Waals surface area contributed by atoms with Gasteiger partial charge in [0, 0.05) is 0 Å². The molecule has 0 amide bonds. The molecule has 0 aliphatic heterocycles. The Morgan fingerprint density at radius 3 is 2.00 bits per heavy atom. The normalized spacial score (nSPS) is 14.1. The predicted octanol–water partition coefficient (Wildman–Crippen LogP) is 4.18. The molecule has 0 saturated carbocycles. The second-order valence-electron chi connectivity index (χ2n) is 2.83. The van der Waals surface area contributed by atoms with Gasteiger partial charge >= 0.3 is 6.18 Å². The van der Waals surface area contributed by atoms with Gasteiger partial charge in [-0.25, -0.2) is 0 Å². The van der Waals surface area contributed by atoms with Gasteiger partial charge in [0.25, 0.3) is 0 Å². The smallest absolute Gasteiger partial charge is 0.166 e. The molecule has 0 radical (unpaired) electrons. The van der Waals surface area contributed by atoms with Gasteiger partial charge in [0.15, 0.2) is 0 Å². The fourth-order valence-electron chi connectivity index (χ4n) is 0.877. The molecule has 0 bridgehead atoms. The largest absolute Gasteiger partial charge is 0.416 e. The van der Waals surface area contributed by atoms with Crippen molar-refractivity contribution in [3.05, 3.63) is 48.1 Å². The summed E-state index contributed by atoms with van der Waals surface area (Å²) in [7, 11) is 0. The lowest BCUT2D eigenvalue weighted by Gasteiger charge is -2.08. The first-order valence-electron chi connectivity index (χ1n) is 4.06. The molecule has 0 nitrogen and oxygen atoms in total. The lowest BCUT2D eigenvalue weighted by Crippen LogP contribution is -2.10. The number of allylic oxidation sites excluding steroid dienone is 6. The fraction of sp³-hybridized carbons (Fsp3) is 0.273. The quantitative estimate of drug-likeness (QED) is 0.602. The third-order valence-corrected chi connectivity index (χ3v) is 1.66. The number of hydrogen-bond acceptors (Lipinski definition) is 0. The van der Waals surface area contributed by atoms with Crippen molar-refractivity contribution in [1.82, 2.24) is 0 Å². The molecule has 78 valence electrons. The molecule has 0 aromatic heterocycles. The van der Waals surface area contributed by atoms with Gasteiger partial charge in [-0.2, -0.15) is 13.2 Å². The molecule has 0 heterocycles. The van der Waals surface area contributed by atoms with Crippen LogP contribution in [0.15, 0.2) is 48.1 Å². The van der Waals surface area contributed by atoms with Crippen molar-refractivity contribution in [2.24, 2.45) is 0 Å². The molecule has 0 spiro atoms. The summed E-state index contributed by atoms with van der Waals surface area (Å²) < 4.78 is 36.9. The monoisotopic (exact) mass is 202 g/mol. The van der Waals surface area contributed by atoms with Crippen molar-refractivity contribution in [3.63, 3.8) is 0 Å². The lowest BCUT2D eigenvalue weighted by molar-refractivity contribution is -0.0881. The van der Waals surface area contributed by atoms with E-state index in [1.165, 1.54) is 0 Å². The highest BCUT2D eigenvalue weighted by molar-refractivity contribution is 5.42. The zero-order valence-electron chi connectivity index (χ0n) is 8.28. The van der Waals surface area contributed by atoms with E-state index < -0.39 is 11.7 Å². The number of alkyl halides is 3. The van der Waals surface area contributed by atoms with Gasteiger partial charge < -0.3 is 0 Å². The molecule has 3 heteroatoms. The molecule has 0 aromatic rings. The Kier molecular flexibility index (Phi) is 4.41. The highest BCUT2D eigenvalue weighted by Gasteiger charge is 2.31. The third kappa shape index (κ3) is 3.64. The maximum atomic E-state index is 12.3. The van der Waals surface area contributed by atoms with E-state index in [-0.39, 0.29) is 0 Å². The molecule has 0 saturated heterocycles. The summed E-state index contributed by atoms with van der Waals surface area (Å²) in [6.45, 7) is 10.0. The van der Waals surface area contributed by atoms with Crippen LogP contribution in [0.25, 0.3) is 0 Å². The zero-order valence-corrected chi connectivity index (χ0v) is 8.28. The molecule has 14 heavy (non-hydrogen) atoms. The lowest BCUT2D eigenvalue weighted by atomic mass is 10.1. The average molecular weight is 202 g/mol. The van der Waals surface area contributed by atoms with Crippen LogP contribution in [-0.4, -0.2) is 6.18 Å². The van der Waals surface area contributed by atoms with Gasteiger partial charge in [-0.05, 0) is 25.5 Å². The first kappa shape index (κ1) is 12.8. The van der Waals surface area contributed by atoms with Crippen molar-refractivity contribution in [2.45, 2.75) is 20.0 Å². The molecule has 0 aromatic carbocycles. The van der Waals surface area contributed by atoms with Crippen LogP contribution in [0.3, 0.4) is 0 Å². The van der Waals surface area contributed by atoms with Crippen molar-refractivity contribution in [3.8, 4) is 0 Å². The van der Waals surface area contributed by atoms with Gasteiger partial charge in [0.1, 0.15) is 0 Å². The molecule has 0 unspecified atom stereocenters. The van der Waals surface area contributed by atoms with E-state index in [1.807, 2.05) is 0 Å². The third-order valence-electron chi connectivity index (χ3n) is 1.66. The summed E-state index contributed by atoms with van der Waals surface area (Å²) >= 11 is 0. The number of halogens is 3. The van der Waals surface area contributed by atoms with Crippen molar-refractivity contribution < 1.29 is 13.2 Å². The highest BCUT2D eigenvalue weighted by Crippen LogP contribution is 2.28. The van der Waals surface area contributed by atoms with Gasteiger partial charge in [0.2, 0.25) is 0 Å². The second kappa shape index (κ2) is 4.84. The Labute approximate surface area is 82.1 Å². The highest BCUT2D eigenvalue weighted by atomic mass is 19.4. The Hall–Kier alpha value is -1.25. The summed E-state index contributed by atoms with van der Waals surface area (Å²) in [6.07, 6.45) is -0.940. The van der Waals surface area contributed by atoms with E-state index in [4.69, 9.17) is 0 Å². The summed E-state index contributed by atoms with van der Waals surface area (Å²) in [5.41, 5.74) is 0.307. The molecule has 0 fully saturated rings. The standard InChI is InChI=1S/C11H13F3/c1-5-9(8(3)4)7-10(6-2)11(12,13)14/h5-7H,2-3H2,1,4H3/b9-5+,10-7+. The Bertz CT molecular complexity index is 290. The molecular formula is C11H13F3. The Morgan fingerprint density at radius 1 is 1.29 bits per heavy atom. The average Bonchev–Trinajstić information content (AvgIpc) is 2.03. The topological polar surface area (TPSA) is 0 Å². The molecule has 0 rings (SSSR count). The zero-order chi connectivity index (χ0) is 11.4. The first-order valence-corrected chi connectivity index (χ1v) is 4.06. The van der Waals surface area contributed by atoms with Gasteiger partial charge in [0.05, 0.1) is 5.57 Å². The van der Waals surface area contributed by atoms with Crippen molar-refractivity contribution in [2.75, 3.05) is 0 Å². The Morgan fingerprint density at radius 2 is 1.79 bits per heavy atom. The molecule has 0 aliphatic carbocycles. The van der Waals surface area contributed by atoms with E-state index in [0.29, 0.717) is 11.1 Å². The maximum Gasteiger partial charge on any atom is 0.416 e. The molecule has 0 aliphatic rings. The van der Waals surface area contributed by atoms with Crippen LogP contribution >= 0.6 is 0 Å². The fourth-order valence-corrected chi connectivity index (χ4v) is 0.877. The molecule has 0 N–H and O–H groups in total. The van der Waals surface area contributed by atoms with Gasteiger partial charge in [-0.15, -0.1) is 0 Å². The van der Waals surface area contributed by atoms with E-state index >= 15 is 0 Å². The van der Waals surface area contributed by atoms with Crippen LogP contribution in [0.4, 0.5) is 13.2 Å². The predicted molar refractivity (Wildman–Crippen MR) is 52.9 cm³/mol. The van der Waals surface area contributed by atoms with Crippen LogP contribution in [-0.2, 0) is 0 Å². The maximum absolute atomic E-state index is 12.3. The number of rotatable bonds is 3. The van der Waals surface area contributed by atoms with Crippen LogP contribution in [0.1, 0.15) is 13.8 Å². The van der Waals surface area contributed by atoms with Gasteiger partial charge in [-0.3, -0.25) is 0 Å². The minimum absolute atomic E-state index is 0.470. The minimum Gasteiger partial charge on any atom is -0.166 e. The van der Waals surface area contributed by atoms with E-state index in [1.54, 1.807) is 19.9 Å². The summed E-state index contributed by atoms with van der Waals surface area (Å²) in [5, 5.41) is 0. The van der Waals surface area contributed by atoms with E-state index in [2.05, 4.69) is 13.2 Å². The van der Waals surface area contributed by atoms with Crippen molar-refractivity contribution >= 4 is 0 Å². The molecular weight excluding hydrogens is 189 g/mol. The minimum atomic E-state index is -4.36. The first-order chi connectivity index (χ1) is 6.32. The van der Waals surface area contributed by atoms with Crippen molar-refractivity contribution in [1.29, 1.82) is 0 Å². The number of hydrogen-bond donors (Lipinski definition) is 0. The second-order valence-corrected chi connectivity index (χ2v) is 2.83. The summed E-state index contributed by atoms with van der Waals surface area (Å²) in [6, 6.07) is 0. The molecule has 0 atom stereocenters. The Balaban J connectivity index is 5.13. The van der Waals surface area contributed by atoms with E-state index in [0.717, 1.165) is 12.2 Å². The van der Waals surface area contributed by atoms with Crippen LogP contribution in [0.2, 0.25) is 0 Å². The summed E-state index contributed by atoms with van der Waals surface area (Å²) in [4.78, 5) is 0. The van der Waals surface area contributed by atoms with E-state index in [9.17, 15) is 13.2 Å². The van der Waals surface area contributed by atoms with Crippen LogP contribution in [0, 0.1) is 0 Å². The van der Waals surface area contributed by atoms with Crippen LogP contribution in [0.5, 0.6) is 0 Å². The summed E-state index contributed by atoms with van der Waals surface area (Å²) in [5.74, 6) is 0. The SMILES string of the molecule is C=C/C(=C\C(=C/C)C(=C)C)C(F)(F)F.